The van der Waals surface area contributed by atoms with E-state index in [2.05, 4.69) is 26.5 Å². The quantitative estimate of drug-likeness (QED) is 0.398. The van der Waals surface area contributed by atoms with Crippen LogP contribution in [0, 0.1) is 10.1 Å². The van der Waals surface area contributed by atoms with Gasteiger partial charge >= 0.3 is 0 Å². The number of nitrogens with zero attached hydrogens (tertiary/aromatic N) is 2. The van der Waals surface area contributed by atoms with E-state index in [0.717, 1.165) is 0 Å². The van der Waals surface area contributed by atoms with Gasteiger partial charge in [0.1, 0.15) is 5.75 Å². The van der Waals surface area contributed by atoms with Gasteiger partial charge in [0.05, 0.1) is 9.40 Å². The number of nitrogens with one attached hydrogen (secondary N) is 1. The summed E-state index contributed by atoms with van der Waals surface area (Å²) in [6.07, 6.45) is 4.54. The number of nitro benzene ring substituents is 1. The Hall–Kier alpha value is -2.71. The zero-order chi connectivity index (χ0) is 18.9. The molecule has 2 aromatic carbocycles. The second-order valence-electron chi connectivity index (χ2n) is 4.89. The molecular formula is C17H13BrClN3O4. The van der Waals surface area contributed by atoms with Crippen LogP contribution < -0.4 is 10.2 Å². The molecule has 0 aliphatic rings. The summed E-state index contributed by atoms with van der Waals surface area (Å²) in [6.45, 7) is -0.216. The number of rotatable bonds is 7. The first-order valence-corrected chi connectivity index (χ1v) is 8.43. The highest BCUT2D eigenvalue weighted by molar-refractivity contribution is 9.10. The van der Waals surface area contributed by atoms with Gasteiger partial charge in [-0.05, 0) is 45.8 Å². The van der Waals surface area contributed by atoms with Crippen molar-refractivity contribution in [3.05, 3.63) is 73.7 Å². The number of benzene rings is 2. The number of non-ortho nitro benzene ring substituents is 1. The topological polar surface area (TPSA) is 93.8 Å². The normalized spacial score (nSPS) is 11.0. The third-order valence-electron chi connectivity index (χ3n) is 2.97. The SMILES string of the molecule is O=C(COc1ccc(Cl)cc1Br)N/N=C\C=C\c1cccc([N+](=O)[O-])c1. The molecule has 2 rings (SSSR count). The summed E-state index contributed by atoms with van der Waals surface area (Å²) < 4.78 is 5.98. The molecule has 134 valence electrons. The van der Waals surface area contributed by atoms with Crippen LogP contribution >= 0.6 is 27.5 Å². The van der Waals surface area contributed by atoms with E-state index in [1.807, 2.05) is 0 Å². The second kappa shape index (κ2) is 9.69. The molecule has 1 N–H and O–H groups in total. The summed E-state index contributed by atoms with van der Waals surface area (Å²) >= 11 is 9.11. The molecule has 0 fully saturated rings. The summed E-state index contributed by atoms with van der Waals surface area (Å²) in [6, 6.07) is 11.1. The summed E-state index contributed by atoms with van der Waals surface area (Å²) in [5.41, 5.74) is 2.95. The molecule has 0 saturated carbocycles. The fourth-order valence-electron chi connectivity index (χ4n) is 1.82. The first kappa shape index (κ1) is 19.6. The van der Waals surface area contributed by atoms with Crippen molar-refractivity contribution in [2.75, 3.05) is 6.61 Å². The van der Waals surface area contributed by atoms with E-state index < -0.39 is 10.8 Å². The van der Waals surface area contributed by atoms with Crippen LogP contribution in [0.2, 0.25) is 5.02 Å². The van der Waals surface area contributed by atoms with Crippen molar-refractivity contribution in [1.29, 1.82) is 0 Å². The predicted molar refractivity (Wildman–Crippen MR) is 103 cm³/mol. The Balaban J connectivity index is 1.79. The van der Waals surface area contributed by atoms with Crippen LogP contribution in [0.5, 0.6) is 5.75 Å². The van der Waals surface area contributed by atoms with Gasteiger partial charge in [-0.2, -0.15) is 5.10 Å². The first-order valence-electron chi connectivity index (χ1n) is 7.26. The monoisotopic (exact) mass is 437 g/mol. The van der Waals surface area contributed by atoms with Gasteiger partial charge in [0.25, 0.3) is 11.6 Å². The molecule has 7 nitrogen and oxygen atoms in total. The fourth-order valence-corrected chi connectivity index (χ4v) is 2.61. The largest absolute Gasteiger partial charge is 0.483 e. The van der Waals surface area contributed by atoms with Crippen molar-refractivity contribution in [3.8, 4) is 5.75 Å². The maximum absolute atomic E-state index is 11.7. The summed E-state index contributed by atoms with van der Waals surface area (Å²) in [5, 5.41) is 15.0. The van der Waals surface area contributed by atoms with Crippen LogP contribution in [0.25, 0.3) is 6.08 Å². The van der Waals surface area contributed by atoms with Gasteiger partial charge in [0, 0.05) is 23.4 Å². The van der Waals surface area contributed by atoms with Gasteiger partial charge in [-0.1, -0.05) is 29.8 Å². The zero-order valence-corrected chi connectivity index (χ0v) is 15.6. The standard InChI is InChI=1S/C17H13BrClN3O4/c18-15-10-13(19)6-7-16(15)26-11-17(23)21-20-8-2-4-12-3-1-5-14(9-12)22(24)25/h1-10H,11H2,(H,21,23)/b4-2+,20-8-. The number of amides is 1. The molecule has 26 heavy (non-hydrogen) atoms. The zero-order valence-electron chi connectivity index (χ0n) is 13.3. The second-order valence-corrected chi connectivity index (χ2v) is 6.18. The third kappa shape index (κ3) is 6.30. The third-order valence-corrected chi connectivity index (χ3v) is 3.83. The molecule has 0 saturated heterocycles. The van der Waals surface area contributed by atoms with Crippen LogP contribution in [-0.4, -0.2) is 23.7 Å². The fraction of sp³-hybridized carbons (Fsp3) is 0.0588. The lowest BCUT2D eigenvalue weighted by Crippen LogP contribution is -2.24. The van der Waals surface area contributed by atoms with Gasteiger partial charge < -0.3 is 4.74 Å². The number of ether oxygens (including phenoxy) is 1. The molecule has 0 aromatic heterocycles. The molecule has 9 heteroatoms. The van der Waals surface area contributed by atoms with E-state index >= 15 is 0 Å². The molecule has 0 unspecified atom stereocenters. The number of carbonyl (C=O) groups excluding carboxylic acids is 1. The van der Waals surface area contributed by atoms with Crippen molar-refractivity contribution in [2.45, 2.75) is 0 Å². The lowest BCUT2D eigenvalue weighted by atomic mass is 10.2. The van der Waals surface area contributed by atoms with Crippen molar-refractivity contribution >= 4 is 51.4 Å². The number of allylic oxidation sites excluding steroid dienone is 1. The lowest BCUT2D eigenvalue weighted by molar-refractivity contribution is -0.384. The van der Waals surface area contributed by atoms with Crippen LogP contribution in [-0.2, 0) is 4.79 Å². The van der Waals surface area contributed by atoms with Gasteiger partial charge in [0.15, 0.2) is 6.61 Å². The summed E-state index contributed by atoms with van der Waals surface area (Å²) in [5.74, 6) is 0.0472. The molecule has 0 atom stereocenters. The predicted octanol–water partition coefficient (Wildman–Crippen LogP) is 4.20. The Morgan fingerprint density at radius 2 is 2.15 bits per heavy atom. The van der Waals surface area contributed by atoms with E-state index in [1.54, 1.807) is 42.5 Å². The molecule has 0 aliphatic carbocycles. The maximum Gasteiger partial charge on any atom is 0.277 e. The average Bonchev–Trinajstić information content (AvgIpc) is 2.61. The Labute approximate surface area is 162 Å². The minimum Gasteiger partial charge on any atom is -0.483 e. The number of hydrogen-bond donors (Lipinski definition) is 1. The number of carbonyl (C=O) groups is 1. The molecule has 0 aliphatic heterocycles. The van der Waals surface area contributed by atoms with E-state index in [1.165, 1.54) is 18.3 Å². The smallest absolute Gasteiger partial charge is 0.277 e. The van der Waals surface area contributed by atoms with Crippen molar-refractivity contribution in [1.82, 2.24) is 5.43 Å². The summed E-state index contributed by atoms with van der Waals surface area (Å²) in [7, 11) is 0. The molecule has 0 spiro atoms. The molecule has 0 heterocycles. The lowest BCUT2D eigenvalue weighted by Gasteiger charge is -2.07. The van der Waals surface area contributed by atoms with Gasteiger partial charge in [-0.3, -0.25) is 14.9 Å². The number of hydrogen-bond acceptors (Lipinski definition) is 5. The number of nitro groups is 1. The highest BCUT2D eigenvalue weighted by Gasteiger charge is 2.05. The molecule has 0 bridgehead atoms. The Morgan fingerprint density at radius 3 is 2.88 bits per heavy atom. The highest BCUT2D eigenvalue weighted by atomic mass is 79.9. The Morgan fingerprint density at radius 1 is 1.35 bits per heavy atom. The average molecular weight is 439 g/mol. The minimum atomic E-state index is -0.468. The van der Waals surface area contributed by atoms with Gasteiger partial charge in [0.2, 0.25) is 0 Å². The van der Waals surface area contributed by atoms with Gasteiger partial charge in [-0.15, -0.1) is 0 Å². The molecular weight excluding hydrogens is 426 g/mol. The van der Waals surface area contributed by atoms with E-state index in [0.29, 0.717) is 20.8 Å². The van der Waals surface area contributed by atoms with E-state index in [4.69, 9.17) is 16.3 Å². The maximum atomic E-state index is 11.7. The number of halogens is 2. The number of hydrazone groups is 1. The minimum absolute atomic E-state index is 0.00269. The van der Waals surface area contributed by atoms with Crippen LogP contribution in [0.3, 0.4) is 0 Å². The molecule has 1 amide bonds. The van der Waals surface area contributed by atoms with Crippen molar-refractivity contribution in [3.63, 3.8) is 0 Å². The Bertz CT molecular complexity index is 871. The van der Waals surface area contributed by atoms with E-state index in [-0.39, 0.29) is 12.3 Å². The molecule has 0 radical (unpaired) electrons. The highest BCUT2D eigenvalue weighted by Crippen LogP contribution is 2.27. The van der Waals surface area contributed by atoms with Gasteiger partial charge in [-0.25, -0.2) is 5.43 Å². The van der Waals surface area contributed by atoms with E-state index in [9.17, 15) is 14.9 Å². The van der Waals surface area contributed by atoms with Crippen LogP contribution in [0.15, 0.2) is 58.1 Å². The van der Waals surface area contributed by atoms with Crippen molar-refractivity contribution < 1.29 is 14.5 Å². The van der Waals surface area contributed by atoms with Crippen LogP contribution in [0.4, 0.5) is 5.69 Å². The first-order chi connectivity index (χ1) is 12.5. The summed E-state index contributed by atoms with van der Waals surface area (Å²) in [4.78, 5) is 21.9. The molecule has 2 aromatic rings. The van der Waals surface area contributed by atoms with Crippen molar-refractivity contribution in [2.24, 2.45) is 5.10 Å². The Kier molecular flexibility index (Phi) is 7.31. The van der Waals surface area contributed by atoms with Crippen LogP contribution in [0.1, 0.15) is 5.56 Å².